The average Bonchev–Trinajstić information content (AvgIpc) is 3.04. The Labute approximate surface area is 204 Å². The zero-order valence-corrected chi connectivity index (χ0v) is 19.3. The molecule has 0 aromatic heterocycles. The second-order valence-corrected chi connectivity index (χ2v) is 9.19. The number of nitrogens with zero attached hydrogens (tertiary/aromatic N) is 3. The molecule has 2 aromatic rings. The van der Waals surface area contributed by atoms with E-state index in [4.69, 9.17) is 27.0 Å². The first-order valence-electron chi connectivity index (χ1n) is 11.0. The maximum absolute atomic E-state index is 13.6. The summed E-state index contributed by atoms with van der Waals surface area (Å²) in [6, 6.07) is 9.72. The van der Waals surface area contributed by atoms with Gasteiger partial charge in [0, 0.05) is 11.8 Å². The Morgan fingerprint density at radius 1 is 1.20 bits per heavy atom. The van der Waals surface area contributed by atoms with Gasteiger partial charge < -0.3 is 19.5 Å². The van der Waals surface area contributed by atoms with Crippen molar-refractivity contribution in [2.24, 2.45) is 0 Å². The molecule has 3 aliphatic rings. The number of anilines is 2. The minimum Gasteiger partial charge on any atom is -0.486 e. The van der Waals surface area contributed by atoms with Gasteiger partial charge in [0.1, 0.15) is 12.1 Å². The van der Waals surface area contributed by atoms with E-state index in [0.717, 1.165) is 23.5 Å². The zero-order chi connectivity index (χ0) is 25.1. The molecule has 0 radical (unpaired) electrons. The molecule has 2 atom stereocenters. The summed E-state index contributed by atoms with van der Waals surface area (Å²) in [6.07, 6.45) is -4.27. The molecule has 1 aliphatic carbocycles. The van der Waals surface area contributed by atoms with Crippen LogP contribution in [0.25, 0.3) is 0 Å². The zero-order valence-electron chi connectivity index (χ0n) is 18.5. The minimum absolute atomic E-state index is 0.0441. The van der Waals surface area contributed by atoms with E-state index in [0.29, 0.717) is 30.0 Å². The molecule has 2 fully saturated rings. The molecule has 11 heteroatoms. The summed E-state index contributed by atoms with van der Waals surface area (Å²) >= 11 is 5.64. The van der Waals surface area contributed by atoms with Crippen LogP contribution in [0.2, 0.25) is 0 Å². The number of alkyl halides is 3. The van der Waals surface area contributed by atoms with Gasteiger partial charge in [-0.25, -0.2) is 0 Å². The average molecular weight is 504 g/mol. The van der Waals surface area contributed by atoms with Crippen LogP contribution in [0.1, 0.15) is 37.3 Å². The SMILES string of the molecule is C[C@H](O)[C@H]1COc2cc(N3C(=S)N(c4ccc(C#N)c(C(F)(F)F)c4)C(=O)C34CCC4)ccc2O1. The number of nitriles is 1. The first-order chi connectivity index (χ1) is 16.6. The molecule has 0 bridgehead atoms. The highest BCUT2D eigenvalue weighted by atomic mass is 32.1. The van der Waals surface area contributed by atoms with Crippen LogP contribution in [0.3, 0.4) is 0 Å². The third kappa shape index (κ3) is 3.59. The second-order valence-electron chi connectivity index (χ2n) is 8.82. The van der Waals surface area contributed by atoms with Crippen LogP contribution in [0.4, 0.5) is 24.5 Å². The highest BCUT2D eigenvalue weighted by Gasteiger charge is 2.59. The van der Waals surface area contributed by atoms with E-state index >= 15 is 0 Å². The van der Waals surface area contributed by atoms with Crippen LogP contribution in [-0.2, 0) is 11.0 Å². The lowest BCUT2D eigenvalue weighted by atomic mass is 9.75. The third-order valence-electron chi connectivity index (χ3n) is 6.68. The van der Waals surface area contributed by atoms with Crippen LogP contribution < -0.4 is 19.3 Å². The number of ether oxygens (including phenoxy) is 2. The van der Waals surface area contributed by atoms with Gasteiger partial charge in [-0.2, -0.15) is 18.4 Å². The van der Waals surface area contributed by atoms with E-state index < -0.39 is 41.0 Å². The molecule has 2 heterocycles. The summed E-state index contributed by atoms with van der Waals surface area (Å²) in [5, 5.41) is 18.9. The fourth-order valence-corrected chi connectivity index (χ4v) is 5.13. The highest BCUT2D eigenvalue weighted by Crippen LogP contribution is 2.49. The van der Waals surface area contributed by atoms with Gasteiger partial charge in [-0.05, 0) is 68.7 Å². The van der Waals surface area contributed by atoms with Crippen LogP contribution in [0, 0.1) is 11.3 Å². The number of hydrogen-bond acceptors (Lipinski definition) is 6. The Hall–Kier alpha value is -3.36. The van der Waals surface area contributed by atoms with Crippen LogP contribution in [-0.4, -0.2) is 40.5 Å². The highest BCUT2D eigenvalue weighted by molar-refractivity contribution is 7.81. The van der Waals surface area contributed by atoms with E-state index in [-0.39, 0.29) is 17.4 Å². The monoisotopic (exact) mass is 503 g/mol. The molecular formula is C24H20F3N3O4S. The van der Waals surface area contributed by atoms with Crippen molar-refractivity contribution in [3.63, 3.8) is 0 Å². The number of carbonyl (C=O) groups excluding carboxylic acids is 1. The number of benzene rings is 2. The molecule has 35 heavy (non-hydrogen) atoms. The van der Waals surface area contributed by atoms with E-state index in [1.165, 1.54) is 6.07 Å². The summed E-state index contributed by atoms with van der Waals surface area (Å²) in [7, 11) is 0. The summed E-state index contributed by atoms with van der Waals surface area (Å²) in [5.74, 6) is 0.444. The summed E-state index contributed by atoms with van der Waals surface area (Å²) in [4.78, 5) is 16.4. The first kappa shape index (κ1) is 23.4. The Bertz CT molecular complexity index is 1270. The number of hydrogen-bond donors (Lipinski definition) is 1. The smallest absolute Gasteiger partial charge is 0.417 e. The number of rotatable bonds is 3. The lowest BCUT2D eigenvalue weighted by Crippen LogP contribution is -2.55. The van der Waals surface area contributed by atoms with Gasteiger partial charge in [-0.3, -0.25) is 9.69 Å². The van der Waals surface area contributed by atoms with Crippen LogP contribution in [0.5, 0.6) is 11.5 Å². The molecule has 1 saturated carbocycles. The van der Waals surface area contributed by atoms with Crippen molar-refractivity contribution in [2.45, 2.75) is 50.1 Å². The first-order valence-corrected chi connectivity index (χ1v) is 11.4. The number of fused-ring (bicyclic) bond motifs is 1. The van der Waals surface area contributed by atoms with Gasteiger partial charge in [0.15, 0.2) is 22.7 Å². The predicted molar refractivity (Wildman–Crippen MR) is 123 cm³/mol. The van der Waals surface area contributed by atoms with Gasteiger partial charge in [-0.15, -0.1) is 0 Å². The van der Waals surface area contributed by atoms with Gasteiger partial charge in [0.25, 0.3) is 5.91 Å². The molecule has 0 unspecified atom stereocenters. The number of halogens is 3. The fourth-order valence-electron chi connectivity index (χ4n) is 4.66. The Kier molecular flexibility index (Phi) is 5.41. The lowest BCUT2D eigenvalue weighted by molar-refractivity contribution is -0.137. The third-order valence-corrected chi connectivity index (χ3v) is 7.05. The Morgan fingerprint density at radius 3 is 2.51 bits per heavy atom. The van der Waals surface area contributed by atoms with Gasteiger partial charge in [0.2, 0.25) is 0 Å². The molecule has 2 aromatic carbocycles. The number of carbonyl (C=O) groups is 1. The molecule has 5 rings (SSSR count). The molecule has 1 N–H and O–H groups in total. The Morgan fingerprint density at radius 2 is 1.91 bits per heavy atom. The van der Waals surface area contributed by atoms with E-state index in [9.17, 15) is 23.1 Å². The van der Waals surface area contributed by atoms with Crippen molar-refractivity contribution in [1.29, 1.82) is 5.26 Å². The maximum Gasteiger partial charge on any atom is 0.417 e. The van der Waals surface area contributed by atoms with Crippen LogP contribution >= 0.6 is 12.2 Å². The fraction of sp³-hybridized carbons (Fsp3) is 0.375. The molecule has 2 aliphatic heterocycles. The number of aliphatic hydroxyl groups is 1. The molecule has 1 amide bonds. The van der Waals surface area contributed by atoms with Gasteiger partial charge in [0.05, 0.1) is 29.0 Å². The van der Waals surface area contributed by atoms with Crippen molar-refractivity contribution < 1.29 is 32.5 Å². The minimum atomic E-state index is -4.76. The van der Waals surface area contributed by atoms with E-state index in [1.807, 2.05) is 0 Å². The second kappa shape index (κ2) is 8.10. The normalized spacial score (nSPS) is 21.7. The summed E-state index contributed by atoms with van der Waals surface area (Å²) in [6.45, 7) is 1.74. The standard InChI is InChI=1S/C24H20F3N3O4S/c1-13(31)20-12-33-19-10-16(5-6-18(19)34-20)30-22(35)29(21(32)23(30)7-2-8-23)15-4-3-14(11-28)17(9-15)24(25,26)27/h3-6,9-10,13,20,31H,2,7-8,12H2,1H3/t13-,20+/m0/s1. The van der Waals surface area contributed by atoms with Crippen molar-refractivity contribution in [3.05, 3.63) is 47.5 Å². The Balaban J connectivity index is 1.54. The largest absolute Gasteiger partial charge is 0.486 e. The molecule has 1 saturated heterocycles. The predicted octanol–water partition coefficient (Wildman–Crippen LogP) is 4.16. The van der Waals surface area contributed by atoms with Crippen LogP contribution in [0.15, 0.2) is 36.4 Å². The van der Waals surface area contributed by atoms with Crippen molar-refractivity contribution in [3.8, 4) is 17.6 Å². The quantitative estimate of drug-likeness (QED) is 0.630. The number of aliphatic hydroxyl groups excluding tert-OH is 1. The van der Waals surface area contributed by atoms with Crippen molar-refractivity contribution in [1.82, 2.24) is 0 Å². The summed E-state index contributed by atoms with van der Waals surface area (Å²) < 4.78 is 52.2. The number of thiocarbonyl (C=S) groups is 1. The molecule has 182 valence electrons. The molecule has 7 nitrogen and oxygen atoms in total. The van der Waals surface area contributed by atoms with E-state index in [1.54, 1.807) is 36.1 Å². The maximum atomic E-state index is 13.6. The topological polar surface area (TPSA) is 86.0 Å². The van der Waals surface area contributed by atoms with Gasteiger partial charge >= 0.3 is 6.18 Å². The van der Waals surface area contributed by atoms with E-state index in [2.05, 4.69) is 0 Å². The summed E-state index contributed by atoms with van der Waals surface area (Å²) in [5.41, 5.74) is -2.15. The molecular weight excluding hydrogens is 483 g/mol. The van der Waals surface area contributed by atoms with Crippen molar-refractivity contribution in [2.75, 3.05) is 16.4 Å². The lowest BCUT2D eigenvalue weighted by Gasteiger charge is -2.43. The van der Waals surface area contributed by atoms with Gasteiger partial charge in [-0.1, -0.05) is 0 Å². The number of amides is 1. The van der Waals surface area contributed by atoms with Crippen molar-refractivity contribution >= 4 is 34.6 Å². The molecule has 1 spiro atoms.